The Morgan fingerprint density at radius 1 is 1.38 bits per heavy atom. The highest BCUT2D eigenvalue weighted by atomic mass is 35.5. The summed E-state index contributed by atoms with van der Waals surface area (Å²) in [6, 6.07) is 5.09. The van der Waals surface area contributed by atoms with Gasteiger partial charge in [-0.2, -0.15) is 5.10 Å². The van der Waals surface area contributed by atoms with Gasteiger partial charge in [-0.05, 0) is 25.1 Å². The minimum absolute atomic E-state index is 0.532. The molecule has 3 nitrogen and oxygen atoms in total. The van der Waals surface area contributed by atoms with Gasteiger partial charge in [0.25, 0.3) is 0 Å². The Morgan fingerprint density at radius 3 is 2.75 bits per heavy atom. The molecule has 0 saturated carbocycles. The standard InChI is InChI=1S/C11H8Cl2N2O/c1-7-8(6-16)5-15(14-7)11-4-9(12)2-3-10(11)13/h2-6H,1H3. The fourth-order valence-electron chi connectivity index (χ4n) is 1.37. The van der Waals surface area contributed by atoms with Crippen LogP contribution in [0.15, 0.2) is 24.4 Å². The molecule has 0 N–H and O–H groups in total. The van der Waals surface area contributed by atoms with E-state index in [0.717, 1.165) is 6.29 Å². The second-order valence-electron chi connectivity index (χ2n) is 3.33. The van der Waals surface area contributed by atoms with Crippen LogP contribution < -0.4 is 0 Å². The highest BCUT2D eigenvalue weighted by molar-refractivity contribution is 6.34. The Hall–Kier alpha value is -1.32. The van der Waals surface area contributed by atoms with Crippen molar-refractivity contribution in [1.82, 2.24) is 9.78 Å². The molecule has 0 spiro atoms. The summed E-state index contributed by atoms with van der Waals surface area (Å²) in [7, 11) is 0. The van der Waals surface area contributed by atoms with E-state index in [4.69, 9.17) is 23.2 Å². The lowest BCUT2D eigenvalue weighted by molar-refractivity contribution is 0.112. The lowest BCUT2D eigenvalue weighted by atomic mass is 10.3. The second kappa shape index (κ2) is 4.28. The van der Waals surface area contributed by atoms with Crippen molar-refractivity contribution in [1.29, 1.82) is 0 Å². The molecule has 1 aromatic heterocycles. The van der Waals surface area contributed by atoms with Crippen LogP contribution in [0, 0.1) is 6.92 Å². The van der Waals surface area contributed by atoms with Crippen LogP contribution in [0.3, 0.4) is 0 Å². The smallest absolute Gasteiger partial charge is 0.153 e. The van der Waals surface area contributed by atoms with Gasteiger partial charge in [0.05, 0.1) is 22.0 Å². The summed E-state index contributed by atoms with van der Waals surface area (Å²) >= 11 is 11.9. The number of hydrogen-bond donors (Lipinski definition) is 0. The molecule has 0 bridgehead atoms. The van der Waals surface area contributed by atoms with Crippen molar-refractivity contribution < 1.29 is 4.79 Å². The third kappa shape index (κ3) is 1.96. The first-order valence-electron chi connectivity index (χ1n) is 4.58. The van der Waals surface area contributed by atoms with E-state index in [1.807, 2.05) is 0 Å². The van der Waals surface area contributed by atoms with Crippen LogP contribution in [0.5, 0.6) is 0 Å². The third-order valence-electron chi connectivity index (χ3n) is 2.22. The Bertz CT molecular complexity index is 549. The molecule has 16 heavy (non-hydrogen) atoms. The van der Waals surface area contributed by atoms with E-state index in [1.165, 1.54) is 0 Å². The molecule has 2 rings (SSSR count). The van der Waals surface area contributed by atoms with Gasteiger partial charge in [-0.25, -0.2) is 4.68 Å². The number of benzene rings is 1. The summed E-state index contributed by atoms with van der Waals surface area (Å²) in [6.07, 6.45) is 2.39. The monoisotopic (exact) mass is 254 g/mol. The van der Waals surface area contributed by atoms with E-state index in [9.17, 15) is 4.79 Å². The minimum Gasteiger partial charge on any atom is -0.298 e. The largest absolute Gasteiger partial charge is 0.298 e. The van der Waals surface area contributed by atoms with Crippen molar-refractivity contribution in [2.45, 2.75) is 6.92 Å². The van der Waals surface area contributed by atoms with E-state index in [-0.39, 0.29) is 0 Å². The number of nitrogens with zero attached hydrogens (tertiary/aromatic N) is 2. The number of hydrogen-bond acceptors (Lipinski definition) is 2. The Morgan fingerprint density at radius 2 is 2.12 bits per heavy atom. The van der Waals surface area contributed by atoms with Gasteiger partial charge in [-0.15, -0.1) is 0 Å². The van der Waals surface area contributed by atoms with E-state index < -0.39 is 0 Å². The number of carbonyl (C=O) groups is 1. The molecule has 0 aliphatic rings. The molecule has 0 saturated heterocycles. The van der Waals surface area contributed by atoms with Gasteiger partial charge in [-0.1, -0.05) is 23.2 Å². The molecular formula is C11H8Cl2N2O. The van der Waals surface area contributed by atoms with E-state index in [1.54, 1.807) is 36.0 Å². The quantitative estimate of drug-likeness (QED) is 0.771. The van der Waals surface area contributed by atoms with Crippen LogP contribution in [-0.2, 0) is 0 Å². The fraction of sp³-hybridized carbons (Fsp3) is 0.0909. The Kier molecular flexibility index (Phi) is 2.99. The summed E-state index contributed by atoms with van der Waals surface area (Å²) in [5, 5.41) is 5.30. The summed E-state index contributed by atoms with van der Waals surface area (Å²) in [5.41, 5.74) is 1.85. The highest BCUT2D eigenvalue weighted by Gasteiger charge is 2.08. The van der Waals surface area contributed by atoms with Crippen molar-refractivity contribution in [3.63, 3.8) is 0 Å². The summed E-state index contributed by atoms with van der Waals surface area (Å²) in [5.74, 6) is 0. The van der Waals surface area contributed by atoms with Crippen LogP contribution in [-0.4, -0.2) is 16.1 Å². The number of rotatable bonds is 2. The first kappa shape index (κ1) is 11.2. The summed E-state index contributed by atoms with van der Waals surface area (Å²) in [6.45, 7) is 1.76. The average molecular weight is 255 g/mol. The minimum atomic E-state index is 0.532. The molecule has 0 fully saturated rings. The lowest BCUT2D eigenvalue weighted by Gasteiger charge is -2.04. The van der Waals surface area contributed by atoms with Crippen molar-refractivity contribution in [2.24, 2.45) is 0 Å². The molecule has 82 valence electrons. The zero-order valence-electron chi connectivity index (χ0n) is 8.45. The van der Waals surface area contributed by atoms with Crippen LogP contribution in [0.1, 0.15) is 16.1 Å². The zero-order chi connectivity index (χ0) is 11.7. The molecule has 0 unspecified atom stereocenters. The molecular weight excluding hydrogens is 247 g/mol. The molecule has 1 heterocycles. The van der Waals surface area contributed by atoms with Crippen LogP contribution in [0.25, 0.3) is 5.69 Å². The van der Waals surface area contributed by atoms with Gasteiger partial charge >= 0.3 is 0 Å². The maximum Gasteiger partial charge on any atom is 0.153 e. The van der Waals surface area contributed by atoms with Gasteiger partial charge in [0, 0.05) is 11.2 Å². The Labute approximate surface area is 103 Å². The normalized spacial score (nSPS) is 10.4. The van der Waals surface area contributed by atoms with Gasteiger partial charge in [-0.3, -0.25) is 4.79 Å². The van der Waals surface area contributed by atoms with Crippen molar-refractivity contribution in [3.8, 4) is 5.69 Å². The highest BCUT2D eigenvalue weighted by Crippen LogP contribution is 2.24. The fourth-order valence-corrected chi connectivity index (χ4v) is 1.74. The molecule has 0 aliphatic heterocycles. The van der Waals surface area contributed by atoms with Crippen molar-refractivity contribution in [2.75, 3.05) is 0 Å². The molecule has 2 aromatic rings. The molecule has 5 heteroatoms. The zero-order valence-corrected chi connectivity index (χ0v) is 9.96. The number of carbonyl (C=O) groups excluding carboxylic acids is 1. The first-order valence-corrected chi connectivity index (χ1v) is 5.34. The number of halogens is 2. The predicted molar refractivity (Wildman–Crippen MR) is 63.7 cm³/mol. The Balaban J connectivity index is 2.57. The molecule has 1 aromatic carbocycles. The van der Waals surface area contributed by atoms with Gasteiger partial charge in [0.15, 0.2) is 6.29 Å². The molecule has 0 aliphatic carbocycles. The van der Waals surface area contributed by atoms with Crippen LogP contribution in [0.4, 0.5) is 0 Å². The van der Waals surface area contributed by atoms with Gasteiger partial charge in [0.1, 0.15) is 0 Å². The van der Waals surface area contributed by atoms with Crippen molar-refractivity contribution in [3.05, 3.63) is 45.7 Å². The van der Waals surface area contributed by atoms with Crippen molar-refractivity contribution >= 4 is 29.5 Å². The molecule has 0 atom stereocenters. The van der Waals surface area contributed by atoms with E-state index in [2.05, 4.69) is 5.10 Å². The molecule has 0 amide bonds. The maximum absolute atomic E-state index is 10.7. The lowest BCUT2D eigenvalue weighted by Crippen LogP contribution is -1.95. The van der Waals surface area contributed by atoms with Crippen LogP contribution >= 0.6 is 23.2 Å². The van der Waals surface area contributed by atoms with E-state index in [0.29, 0.717) is 27.0 Å². The first-order chi connectivity index (χ1) is 7.61. The van der Waals surface area contributed by atoms with Gasteiger partial charge in [0.2, 0.25) is 0 Å². The topological polar surface area (TPSA) is 34.9 Å². The van der Waals surface area contributed by atoms with E-state index >= 15 is 0 Å². The van der Waals surface area contributed by atoms with Gasteiger partial charge < -0.3 is 0 Å². The average Bonchev–Trinajstić information content (AvgIpc) is 2.63. The van der Waals surface area contributed by atoms with Crippen LogP contribution in [0.2, 0.25) is 10.0 Å². The summed E-state index contributed by atoms with van der Waals surface area (Å²) < 4.78 is 1.55. The number of aldehydes is 1. The number of aryl methyl sites for hydroxylation is 1. The maximum atomic E-state index is 10.7. The predicted octanol–water partition coefficient (Wildman–Crippen LogP) is 3.30. The third-order valence-corrected chi connectivity index (χ3v) is 2.77. The molecule has 0 radical (unpaired) electrons. The number of aromatic nitrogens is 2. The second-order valence-corrected chi connectivity index (χ2v) is 4.17. The SMILES string of the molecule is Cc1nn(-c2cc(Cl)ccc2Cl)cc1C=O. The summed E-state index contributed by atoms with van der Waals surface area (Å²) in [4.78, 5) is 10.7.